The number of carbonyl (C=O) groups excluding carboxylic acids is 2. The van der Waals surface area contributed by atoms with E-state index in [1.807, 2.05) is 43.9 Å². The zero-order valence-corrected chi connectivity index (χ0v) is 17.5. The van der Waals surface area contributed by atoms with Crippen molar-refractivity contribution in [1.29, 1.82) is 0 Å². The number of hydrogen-bond donors (Lipinski definition) is 0. The van der Waals surface area contributed by atoms with Crippen molar-refractivity contribution in [3.8, 4) is 0 Å². The summed E-state index contributed by atoms with van der Waals surface area (Å²) in [7, 11) is 1.44. The fraction of sp³-hybridized carbons (Fsp3) is 0.600. The van der Waals surface area contributed by atoms with Crippen molar-refractivity contribution in [2.24, 2.45) is 5.92 Å². The van der Waals surface area contributed by atoms with E-state index in [1.165, 1.54) is 11.6 Å². The van der Waals surface area contributed by atoms with Crippen molar-refractivity contribution in [2.45, 2.75) is 62.5 Å². The van der Waals surface area contributed by atoms with Crippen LogP contribution in [0.1, 0.15) is 40.0 Å². The number of rotatable bonds is 3. The van der Waals surface area contributed by atoms with Gasteiger partial charge in [-0.15, -0.1) is 0 Å². The normalized spacial score (nSPS) is 27.9. The Morgan fingerprint density at radius 2 is 1.85 bits per heavy atom. The fourth-order valence-electron chi connectivity index (χ4n) is 4.00. The van der Waals surface area contributed by atoms with Crippen molar-refractivity contribution in [1.82, 2.24) is 4.90 Å². The topological polar surface area (TPSA) is 55.8 Å². The third-order valence-corrected chi connectivity index (χ3v) is 7.77. The van der Waals surface area contributed by atoms with Crippen molar-refractivity contribution >= 4 is 31.5 Å². The molecule has 0 spiro atoms. The fourth-order valence-corrected chi connectivity index (χ4v) is 6.98. The number of piperidine rings is 1. The number of methoxy groups -OCH3 is 1. The summed E-state index contributed by atoms with van der Waals surface area (Å²) in [6, 6.07) is 10.4. The summed E-state index contributed by atoms with van der Waals surface area (Å²) in [5.41, 5.74) is -0.540. The van der Waals surface area contributed by atoms with Crippen molar-refractivity contribution in [3.05, 3.63) is 30.3 Å². The Kier molecular flexibility index (Phi) is 5.64. The molecule has 1 amide bonds. The summed E-state index contributed by atoms with van der Waals surface area (Å²) >= 11 is 0.168. The van der Waals surface area contributed by atoms with Crippen molar-refractivity contribution in [2.75, 3.05) is 7.11 Å². The van der Waals surface area contributed by atoms with Gasteiger partial charge in [0.25, 0.3) is 0 Å². The molecule has 2 aliphatic heterocycles. The summed E-state index contributed by atoms with van der Waals surface area (Å²) in [5, 5.41) is 0. The summed E-state index contributed by atoms with van der Waals surface area (Å²) in [6.45, 7) is 5.61. The number of benzene rings is 1. The summed E-state index contributed by atoms with van der Waals surface area (Å²) in [5.74, 6) is -0.474. The van der Waals surface area contributed by atoms with Gasteiger partial charge >= 0.3 is 161 Å². The van der Waals surface area contributed by atoms with E-state index >= 15 is 0 Å². The molecule has 0 N–H and O–H groups in total. The van der Waals surface area contributed by atoms with E-state index in [0.717, 1.165) is 19.3 Å². The van der Waals surface area contributed by atoms with Crippen LogP contribution >= 0.6 is 0 Å². The van der Waals surface area contributed by atoms with Gasteiger partial charge in [-0.2, -0.15) is 0 Å². The van der Waals surface area contributed by atoms with Crippen LogP contribution in [0.25, 0.3) is 0 Å². The van der Waals surface area contributed by atoms with E-state index in [2.05, 4.69) is 12.1 Å². The first-order valence-corrected chi connectivity index (χ1v) is 11.0. The molecule has 5 nitrogen and oxygen atoms in total. The van der Waals surface area contributed by atoms with Crippen LogP contribution in [-0.4, -0.2) is 56.7 Å². The van der Waals surface area contributed by atoms with Crippen LogP contribution in [0.2, 0.25) is 4.82 Å². The van der Waals surface area contributed by atoms with Crippen LogP contribution in [0.15, 0.2) is 30.3 Å². The predicted octanol–water partition coefficient (Wildman–Crippen LogP) is 2.77. The van der Waals surface area contributed by atoms with E-state index in [1.54, 1.807) is 0 Å². The molecule has 6 heteroatoms. The number of carbonyl (C=O) groups is 2. The molecule has 4 atom stereocenters. The maximum atomic E-state index is 12.8. The Labute approximate surface area is 161 Å². The van der Waals surface area contributed by atoms with Crippen LogP contribution in [0, 0.1) is 5.92 Å². The molecule has 0 aliphatic carbocycles. The number of esters is 1. The van der Waals surface area contributed by atoms with Crippen LogP contribution in [0.5, 0.6) is 0 Å². The first-order valence-electron chi connectivity index (χ1n) is 9.11. The van der Waals surface area contributed by atoms with Crippen LogP contribution in [0.4, 0.5) is 4.79 Å². The van der Waals surface area contributed by atoms with E-state index < -0.39 is 5.60 Å². The number of hydrogen-bond acceptors (Lipinski definition) is 4. The van der Waals surface area contributed by atoms with Gasteiger partial charge < -0.3 is 0 Å². The Balaban J connectivity index is 1.83. The molecule has 0 radical (unpaired) electrons. The molecule has 142 valence electrons. The Morgan fingerprint density at radius 1 is 1.15 bits per heavy atom. The van der Waals surface area contributed by atoms with Crippen LogP contribution in [-0.2, 0) is 14.3 Å². The second-order valence-corrected chi connectivity index (χ2v) is 10.7. The molecule has 0 saturated carbocycles. The summed E-state index contributed by atoms with van der Waals surface area (Å²) < 4.78 is 12.0. The van der Waals surface area contributed by atoms with Gasteiger partial charge in [-0.1, -0.05) is 0 Å². The Bertz CT molecular complexity index is 658. The van der Waals surface area contributed by atoms with E-state index in [4.69, 9.17) is 9.47 Å². The Morgan fingerprint density at radius 3 is 2.46 bits per heavy atom. The van der Waals surface area contributed by atoms with Crippen molar-refractivity contribution < 1.29 is 19.1 Å². The molecule has 1 aromatic carbocycles. The number of fused-ring (bicyclic) bond motifs is 2. The molecular weight excluding hydrogens is 397 g/mol. The van der Waals surface area contributed by atoms with Crippen LogP contribution in [0.3, 0.4) is 0 Å². The molecule has 2 heterocycles. The first-order chi connectivity index (χ1) is 12.3. The molecule has 26 heavy (non-hydrogen) atoms. The second-order valence-electron chi connectivity index (χ2n) is 7.94. The zero-order valence-electron chi connectivity index (χ0n) is 15.8. The number of amides is 1. The summed E-state index contributed by atoms with van der Waals surface area (Å²) in [4.78, 5) is 27.4. The number of ether oxygens (including phenoxy) is 2. The molecule has 2 aliphatic rings. The van der Waals surface area contributed by atoms with Gasteiger partial charge in [0.05, 0.1) is 0 Å². The molecule has 3 rings (SSSR count). The quantitative estimate of drug-likeness (QED) is 0.553. The molecule has 1 aromatic rings. The monoisotopic (exact) mass is 425 g/mol. The van der Waals surface area contributed by atoms with E-state index in [0.29, 0.717) is 0 Å². The van der Waals surface area contributed by atoms with Gasteiger partial charge in [-0.3, -0.25) is 0 Å². The minimum absolute atomic E-state index is 0.119. The van der Waals surface area contributed by atoms with E-state index in [-0.39, 0.29) is 49.8 Å². The van der Waals surface area contributed by atoms with Gasteiger partial charge in [0.15, 0.2) is 0 Å². The second kappa shape index (κ2) is 7.61. The van der Waals surface area contributed by atoms with Crippen molar-refractivity contribution in [3.63, 3.8) is 0 Å². The average Bonchev–Trinajstić information content (AvgIpc) is 2.89. The van der Waals surface area contributed by atoms with Gasteiger partial charge in [0.1, 0.15) is 0 Å². The third-order valence-electron chi connectivity index (χ3n) is 4.97. The molecule has 0 aromatic heterocycles. The van der Waals surface area contributed by atoms with Gasteiger partial charge in [-0.05, 0) is 0 Å². The minimum atomic E-state index is -0.540. The molecule has 2 fully saturated rings. The Hall–Kier alpha value is -1.52. The first kappa shape index (κ1) is 19.2. The van der Waals surface area contributed by atoms with Gasteiger partial charge in [0.2, 0.25) is 0 Å². The third kappa shape index (κ3) is 4.07. The summed E-state index contributed by atoms with van der Waals surface area (Å²) in [6.07, 6.45) is 2.30. The molecular formula is C20H27NO4Se. The SMILES string of the molecule is COC(=O)[C@@H]1C([Se]c2ccccc2)C[C@@H]2CC[C@H]1N2C(=O)OC(C)(C)C. The standard InChI is InChI=1S/C20H27NO4Se/c1-20(2,3)25-19(23)21-13-10-11-15(21)17(18(22)24-4)16(12-13)26-14-8-6-5-7-9-14/h5-9,13,15-17H,10-12H2,1-4H3/t13-,15+,16?,17-/m0/s1. The molecule has 2 bridgehead atoms. The van der Waals surface area contributed by atoms with Crippen LogP contribution < -0.4 is 4.46 Å². The maximum absolute atomic E-state index is 12.8. The zero-order chi connectivity index (χ0) is 18.9. The average molecular weight is 424 g/mol. The number of nitrogens with zero attached hydrogens (tertiary/aromatic N) is 1. The van der Waals surface area contributed by atoms with E-state index in [9.17, 15) is 9.59 Å². The predicted molar refractivity (Wildman–Crippen MR) is 101 cm³/mol. The molecule has 1 unspecified atom stereocenters. The van der Waals surface area contributed by atoms with Gasteiger partial charge in [-0.25, -0.2) is 0 Å². The molecule has 2 saturated heterocycles. The van der Waals surface area contributed by atoms with Gasteiger partial charge in [0, 0.05) is 0 Å².